The lowest BCUT2D eigenvalue weighted by Crippen LogP contribution is -2.49. The van der Waals surface area contributed by atoms with Crippen molar-refractivity contribution in [1.29, 1.82) is 0 Å². The van der Waals surface area contributed by atoms with Crippen molar-refractivity contribution in [3.8, 4) is 0 Å². The zero-order valence-electron chi connectivity index (χ0n) is 9.11. The van der Waals surface area contributed by atoms with Crippen LogP contribution in [0.15, 0.2) is 0 Å². The van der Waals surface area contributed by atoms with Gasteiger partial charge in [0.05, 0.1) is 12.0 Å². The zero-order chi connectivity index (χ0) is 11.4. The highest BCUT2D eigenvalue weighted by atomic mass is 16.2. The molecular formula is C10H19N3O2. The van der Waals surface area contributed by atoms with Crippen molar-refractivity contribution >= 4 is 11.8 Å². The van der Waals surface area contributed by atoms with Crippen LogP contribution in [0.25, 0.3) is 0 Å². The van der Waals surface area contributed by atoms with E-state index in [1.54, 1.807) is 4.90 Å². The first-order valence-electron chi connectivity index (χ1n) is 5.40. The molecule has 1 saturated heterocycles. The van der Waals surface area contributed by atoms with Crippen LogP contribution >= 0.6 is 0 Å². The summed E-state index contributed by atoms with van der Waals surface area (Å²) in [4.78, 5) is 24.4. The van der Waals surface area contributed by atoms with E-state index >= 15 is 0 Å². The van der Waals surface area contributed by atoms with Crippen LogP contribution in [0.5, 0.6) is 0 Å². The quantitative estimate of drug-likeness (QED) is 0.659. The average molecular weight is 213 g/mol. The lowest BCUT2D eigenvalue weighted by Gasteiger charge is -2.32. The Balaban J connectivity index is 2.56. The summed E-state index contributed by atoms with van der Waals surface area (Å²) in [6.45, 7) is 3.00. The average Bonchev–Trinajstić information content (AvgIpc) is 2.27. The molecule has 1 rings (SSSR count). The maximum absolute atomic E-state index is 11.7. The molecule has 0 aromatic carbocycles. The van der Waals surface area contributed by atoms with Crippen molar-refractivity contribution in [2.75, 3.05) is 13.1 Å². The normalized spacial score (nSPS) is 23.6. The number of carbonyl (C=O) groups excluding carboxylic acids is 2. The Morgan fingerprint density at radius 1 is 1.53 bits per heavy atom. The van der Waals surface area contributed by atoms with Crippen molar-refractivity contribution in [2.45, 2.75) is 32.2 Å². The number of likely N-dealkylation sites (tertiary alicyclic amines) is 1. The summed E-state index contributed by atoms with van der Waals surface area (Å²) < 4.78 is 0. The Bertz CT molecular complexity index is 255. The fraction of sp³-hybridized carbons (Fsp3) is 0.800. The summed E-state index contributed by atoms with van der Waals surface area (Å²) in [6.07, 6.45) is 2.23. The molecule has 1 heterocycles. The van der Waals surface area contributed by atoms with E-state index in [-0.39, 0.29) is 17.7 Å². The van der Waals surface area contributed by atoms with Crippen molar-refractivity contribution in [1.82, 2.24) is 4.90 Å². The molecule has 86 valence electrons. The Labute approximate surface area is 89.8 Å². The molecular weight excluding hydrogens is 194 g/mol. The highest BCUT2D eigenvalue weighted by molar-refractivity contribution is 5.83. The van der Waals surface area contributed by atoms with Crippen LogP contribution in [-0.2, 0) is 9.59 Å². The minimum Gasteiger partial charge on any atom is -0.369 e. The summed E-state index contributed by atoms with van der Waals surface area (Å²) in [7, 11) is 0. The van der Waals surface area contributed by atoms with E-state index in [4.69, 9.17) is 11.5 Å². The van der Waals surface area contributed by atoms with Gasteiger partial charge in [-0.1, -0.05) is 6.92 Å². The van der Waals surface area contributed by atoms with Crippen LogP contribution in [-0.4, -0.2) is 35.8 Å². The summed E-state index contributed by atoms with van der Waals surface area (Å²) in [6, 6.07) is -0.448. The van der Waals surface area contributed by atoms with Crippen molar-refractivity contribution in [3.63, 3.8) is 0 Å². The topological polar surface area (TPSA) is 89.4 Å². The molecule has 0 aliphatic carbocycles. The Hall–Kier alpha value is -1.10. The van der Waals surface area contributed by atoms with Gasteiger partial charge in [0, 0.05) is 13.1 Å². The van der Waals surface area contributed by atoms with E-state index in [0.29, 0.717) is 19.5 Å². The zero-order valence-corrected chi connectivity index (χ0v) is 9.11. The standard InChI is InChI=1S/C10H19N3O2/c1-2-8(11)10(15)13-5-3-4-7(6-13)9(12)14/h7-8H,2-6,11H2,1H3,(H2,12,14)/t7-,8+/m1/s1. The molecule has 5 heteroatoms. The molecule has 0 aromatic rings. The molecule has 0 unspecified atom stereocenters. The van der Waals surface area contributed by atoms with Gasteiger partial charge in [-0.2, -0.15) is 0 Å². The first-order chi connectivity index (χ1) is 7.06. The van der Waals surface area contributed by atoms with Crippen LogP contribution in [0.1, 0.15) is 26.2 Å². The van der Waals surface area contributed by atoms with Crippen LogP contribution < -0.4 is 11.5 Å². The molecule has 5 nitrogen and oxygen atoms in total. The molecule has 0 bridgehead atoms. The molecule has 4 N–H and O–H groups in total. The van der Waals surface area contributed by atoms with E-state index in [1.807, 2.05) is 6.92 Å². The van der Waals surface area contributed by atoms with Crippen LogP contribution in [0.4, 0.5) is 0 Å². The van der Waals surface area contributed by atoms with Gasteiger partial charge in [0.25, 0.3) is 0 Å². The predicted molar refractivity (Wildman–Crippen MR) is 56.8 cm³/mol. The highest BCUT2D eigenvalue weighted by Gasteiger charge is 2.28. The van der Waals surface area contributed by atoms with Gasteiger partial charge in [0.1, 0.15) is 0 Å². The third-order valence-electron chi connectivity index (χ3n) is 2.89. The second kappa shape index (κ2) is 5.11. The van der Waals surface area contributed by atoms with Crippen LogP contribution in [0, 0.1) is 5.92 Å². The minimum atomic E-state index is -0.448. The van der Waals surface area contributed by atoms with Crippen molar-refractivity contribution in [2.24, 2.45) is 17.4 Å². The maximum atomic E-state index is 11.7. The van der Waals surface area contributed by atoms with E-state index in [2.05, 4.69) is 0 Å². The third-order valence-corrected chi connectivity index (χ3v) is 2.89. The fourth-order valence-electron chi connectivity index (χ4n) is 1.82. The third kappa shape index (κ3) is 2.92. The molecule has 0 aromatic heterocycles. The van der Waals surface area contributed by atoms with Crippen LogP contribution in [0.3, 0.4) is 0 Å². The second-order valence-corrected chi connectivity index (χ2v) is 4.04. The number of nitrogens with two attached hydrogens (primary N) is 2. The number of carbonyl (C=O) groups is 2. The van der Waals surface area contributed by atoms with Crippen molar-refractivity contribution in [3.05, 3.63) is 0 Å². The second-order valence-electron chi connectivity index (χ2n) is 4.04. The van der Waals surface area contributed by atoms with E-state index in [1.165, 1.54) is 0 Å². The number of primary amides is 1. The number of nitrogens with zero attached hydrogens (tertiary/aromatic N) is 1. The molecule has 0 saturated carbocycles. The number of piperidine rings is 1. The van der Waals surface area contributed by atoms with Gasteiger partial charge >= 0.3 is 0 Å². The smallest absolute Gasteiger partial charge is 0.239 e. The van der Waals surface area contributed by atoms with E-state index in [9.17, 15) is 9.59 Å². The summed E-state index contributed by atoms with van der Waals surface area (Å²) in [5.74, 6) is -0.590. The van der Waals surface area contributed by atoms with Gasteiger partial charge in [-0.25, -0.2) is 0 Å². The summed E-state index contributed by atoms with van der Waals surface area (Å²) in [5, 5.41) is 0. The van der Waals surface area contributed by atoms with E-state index in [0.717, 1.165) is 12.8 Å². The number of hydrogen-bond acceptors (Lipinski definition) is 3. The summed E-state index contributed by atoms with van der Waals surface area (Å²) >= 11 is 0. The molecule has 2 atom stereocenters. The molecule has 1 aliphatic heterocycles. The Morgan fingerprint density at radius 3 is 2.73 bits per heavy atom. The number of hydrogen-bond donors (Lipinski definition) is 2. The lowest BCUT2D eigenvalue weighted by molar-refractivity contribution is -0.136. The first kappa shape index (κ1) is 12.0. The SMILES string of the molecule is CC[C@H](N)C(=O)N1CCC[C@@H](C(N)=O)C1. The molecule has 1 aliphatic rings. The predicted octanol–water partition coefficient (Wildman–Crippen LogP) is -0.552. The van der Waals surface area contributed by atoms with Gasteiger partial charge in [-0.3, -0.25) is 9.59 Å². The molecule has 0 spiro atoms. The number of rotatable bonds is 3. The van der Waals surface area contributed by atoms with Gasteiger partial charge in [0.2, 0.25) is 11.8 Å². The maximum Gasteiger partial charge on any atom is 0.239 e. The van der Waals surface area contributed by atoms with Gasteiger partial charge in [-0.15, -0.1) is 0 Å². The molecule has 15 heavy (non-hydrogen) atoms. The first-order valence-corrected chi connectivity index (χ1v) is 5.40. The van der Waals surface area contributed by atoms with Gasteiger partial charge in [0.15, 0.2) is 0 Å². The number of amides is 2. The lowest BCUT2D eigenvalue weighted by atomic mass is 9.97. The fourth-order valence-corrected chi connectivity index (χ4v) is 1.82. The Morgan fingerprint density at radius 2 is 2.20 bits per heavy atom. The van der Waals surface area contributed by atoms with Gasteiger partial charge < -0.3 is 16.4 Å². The highest BCUT2D eigenvalue weighted by Crippen LogP contribution is 2.16. The summed E-state index contributed by atoms with van der Waals surface area (Å²) in [5.41, 5.74) is 10.9. The largest absolute Gasteiger partial charge is 0.369 e. The molecule has 2 amide bonds. The monoisotopic (exact) mass is 213 g/mol. The van der Waals surface area contributed by atoms with Crippen molar-refractivity contribution < 1.29 is 9.59 Å². The molecule has 0 radical (unpaired) electrons. The minimum absolute atomic E-state index is 0.0662. The van der Waals surface area contributed by atoms with E-state index < -0.39 is 6.04 Å². The molecule has 1 fully saturated rings. The van der Waals surface area contributed by atoms with Crippen LogP contribution in [0.2, 0.25) is 0 Å². The van der Waals surface area contributed by atoms with Gasteiger partial charge in [-0.05, 0) is 19.3 Å². The Kier molecular flexibility index (Phi) is 4.08.